The molecule has 1 saturated heterocycles. The van der Waals surface area contributed by atoms with Gasteiger partial charge in [0.05, 0.1) is 11.5 Å². The van der Waals surface area contributed by atoms with Crippen molar-refractivity contribution in [1.29, 1.82) is 0 Å². The normalized spacial score (nSPS) is 25.3. The van der Waals surface area contributed by atoms with Crippen LogP contribution < -0.4 is 0 Å². The summed E-state index contributed by atoms with van der Waals surface area (Å²) in [7, 11) is 0. The summed E-state index contributed by atoms with van der Waals surface area (Å²) in [6.07, 6.45) is 4.68. The number of carbonyl (C=O) groups is 2. The van der Waals surface area contributed by atoms with E-state index in [9.17, 15) is 9.59 Å². The molecular formula is C27H31Cl2NO2. The van der Waals surface area contributed by atoms with Crippen LogP contribution in [0.4, 0.5) is 0 Å². The van der Waals surface area contributed by atoms with Crippen molar-refractivity contribution >= 4 is 35.4 Å². The topological polar surface area (TPSA) is 37.4 Å². The fourth-order valence-corrected chi connectivity index (χ4v) is 5.49. The quantitative estimate of drug-likeness (QED) is 0.300. The van der Waals surface area contributed by atoms with Crippen LogP contribution in [0.5, 0.6) is 0 Å². The van der Waals surface area contributed by atoms with E-state index in [1.807, 2.05) is 74.2 Å². The standard InChI is InChI=1S/C27H31Cl2NO2/c1-5-14-27(4)16-23(20-8-7-9-22(29)15-20)25(19-10-12-21(28)13-11-19)30(26(27)32)24(6-2)18(3)17-31/h5,7-13,15,17-18,23-25H,1,6,14,16H2,2-4H3/t18-,23?,24?,25?,27+/m1/s1. The Kier molecular flexibility index (Phi) is 7.84. The van der Waals surface area contributed by atoms with E-state index in [-0.39, 0.29) is 29.8 Å². The molecule has 1 fully saturated rings. The minimum absolute atomic E-state index is 0.00503. The summed E-state index contributed by atoms with van der Waals surface area (Å²) in [6.45, 7) is 9.85. The van der Waals surface area contributed by atoms with E-state index >= 15 is 0 Å². The van der Waals surface area contributed by atoms with Crippen molar-refractivity contribution in [1.82, 2.24) is 4.90 Å². The number of halogens is 2. The van der Waals surface area contributed by atoms with Gasteiger partial charge in [-0.25, -0.2) is 0 Å². The molecular weight excluding hydrogens is 441 g/mol. The molecule has 1 aliphatic rings. The molecule has 3 unspecified atom stereocenters. The van der Waals surface area contributed by atoms with Gasteiger partial charge in [-0.15, -0.1) is 6.58 Å². The van der Waals surface area contributed by atoms with Crippen LogP contribution in [0.2, 0.25) is 10.0 Å². The molecule has 5 atom stereocenters. The molecule has 0 N–H and O–H groups in total. The molecule has 0 radical (unpaired) electrons. The van der Waals surface area contributed by atoms with E-state index in [4.69, 9.17) is 23.2 Å². The molecule has 1 amide bonds. The number of aldehydes is 1. The van der Waals surface area contributed by atoms with E-state index < -0.39 is 5.41 Å². The monoisotopic (exact) mass is 471 g/mol. The Hall–Kier alpha value is -2.10. The average molecular weight is 472 g/mol. The van der Waals surface area contributed by atoms with Gasteiger partial charge in [-0.1, -0.05) is 74.3 Å². The fraction of sp³-hybridized carbons (Fsp3) is 0.407. The Morgan fingerprint density at radius 1 is 1.16 bits per heavy atom. The molecule has 2 aromatic carbocycles. The molecule has 3 rings (SSSR count). The van der Waals surface area contributed by atoms with Crippen molar-refractivity contribution in [3.8, 4) is 0 Å². The number of hydrogen-bond donors (Lipinski definition) is 0. The first-order valence-electron chi connectivity index (χ1n) is 11.2. The van der Waals surface area contributed by atoms with E-state index in [0.29, 0.717) is 29.3 Å². The number of likely N-dealkylation sites (tertiary alicyclic amines) is 1. The van der Waals surface area contributed by atoms with E-state index in [1.165, 1.54) is 0 Å². The molecule has 5 heteroatoms. The molecule has 170 valence electrons. The number of allylic oxidation sites excluding steroid dienone is 1. The lowest BCUT2D eigenvalue weighted by molar-refractivity contribution is -0.156. The third-order valence-electron chi connectivity index (χ3n) is 6.78. The third-order valence-corrected chi connectivity index (χ3v) is 7.27. The number of carbonyl (C=O) groups excluding carboxylic acids is 2. The van der Waals surface area contributed by atoms with Gasteiger partial charge in [-0.3, -0.25) is 4.79 Å². The zero-order valence-electron chi connectivity index (χ0n) is 18.9. The van der Waals surface area contributed by atoms with Gasteiger partial charge in [0.15, 0.2) is 0 Å². The summed E-state index contributed by atoms with van der Waals surface area (Å²) in [6, 6.07) is 15.1. The predicted octanol–water partition coefficient (Wildman–Crippen LogP) is 7.25. The second kappa shape index (κ2) is 10.2. The zero-order chi connectivity index (χ0) is 23.5. The van der Waals surface area contributed by atoms with E-state index in [0.717, 1.165) is 17.4 Å². The summed E-state index contributed by atoms with van der Waals surface area (Å²) >= 11 is 12.6. The first kappa shape index (κ1) is 24.5. The van der Waals surface area contributed by atoms with Crippen molar-refractivity contribution < 1.29 is 9.59 Å². The van der Waals surface area contributed by atoms with Crippen LogP contribution in [-0.4, -0.2) is 23.1 Å². The molecule has 0 bridgehead atoms. The predicted molar refractivity (Wildman–Crippen MR) is 132 cm³/mol. The zero-order valence-corrected chi connectivity index (χ0v) is 20.4. The maximum atomic E-state index is 14.1. The van der Waals surface area contributed by atoms with Crippen molar-refractivity contribution in [2.45, 2.75) is 58.0 Å². The van der Waals surface area contributed by atoms with Crippen LogP contribution in [0.1, 0.15) is 63.1 Å². The Labute approximate surface area is 201 Å². The second-order valence-corrected chi connectivity index (χ2v) is 9.97. The first-order chi connectivity index (χ1) is 15.3. The maximum Gasteiger partial charge on any atom is 0.229 e. The van der Waals surface area contributed by atoms with Crippen molar-refractivity contribution in [3.05, 3.63) is 82.4 Å². The molecule has 1 aliphatic heterocycles. The Morgan fingerprint density at radius 3 is 2.41 bits per heavy atom. The molecule has 0 aliphatic carbocycles. The Morgan fingerprint density at radius 2 is 1.84 bits per heavy atom. The maximum absolute atomic E-state index is 14.1. The lowest BCUT2D eigenvalue weighted by atomic mass is 9.66. The van der Waals surface area contributed by atoms with Crippen LogP contribution in [0.15, 0.2) is 61.2 Å². The number of nitrogens with zero attached hydrogens (tertiary/aromatic N) is 1. The molecule has 0 saturated carbocycles. The van der Waals surface area contributed by atoms with Crippen LogP contribution in [0, 0.1) is 11.3 Å². The molecule has 3 nitrogen and oxygen atoms in total. The summed E-state index contributed by atoms with van der Waals surface area (Å²) in [4.78, 5) is 27.9. The minimum Gasteiger partial charge on any atom is -0.331 e. The van der Waals surface area contributed by atoms with Gasteiger partial charge in [0, 0.05) is 27.9 Å². The van der Waals surface area contributed by atoms with Crippen molar-refractivity contribution in [2.24, 2.45) is 11.3 Å². The number of rotatable bonds is 8. The number of hydrogen-bond acceptors (Lipinski definition) is 2. The highest BCUT2D eigenvalue weighted by molar-refractivity contribution is 6.30. The van der Waals surface area contributed by atoms with E-state index in [2.05, 4.69) is 12.6 Å². The lowest BCUT2D eigenvalue weighted by Crippen LogP contribution is -2.57. The van der Waals surface area contributed by atoms with Crippen LogP contribution in [0.25, 0.3) is 0 Å². The molecule has 0 spiro atoms. The van der Waals surface area contributed by atoms with Gasteiger partial charge in [-0.2, -0.15) is 0 Å². The SMILES string of the molecule is C=CC[C@@]1(C)CC(c2cccc(Cl)c2)C(c2ccc(Cl)cc2)N(C(CC)[C@H](C)C=O)C1=O. The third kappa shape index (κ3) is 4.79. The average Bonchev–Trinajstić information content (AvgIpc) is 2.77. The second-order valence-electron chi connectivity index (χ2n) is 9.10. The molecule has 0 aromatic heterocycles. The highest BCUT2D eigenvalue weighted by Gasteiger charge is 2.51. The van der Waals surface area contributed by atoms with Crippen LogP contribution in [-0.2, 0) is 9.59 Å². The summed E-state index contributed by atoms with van der Waals surface area (Å²) in [5.41, 5.74) is 1.47. The Balaban J connectivity index is 2.26. The fourth-order valence-electron chi connectivity index (χ4n) is 5.17. The van der Waals surface area contributed by atoms with Gasteiger partial charge in [0.1, 0.15) is 6.29 Å². The molecule has 1 heterocycles. The van der Waals surface area contributed by atoms with Gasteiger partial charge in [0.2, 0.25) is 5.91 Å². The van der Waals surface area contributed by atoms with E-state index in [1.54, 1.807) is 0 Å². The number of amides is 1. The van der Waals surface area contributed by atoms with Crippen molar-refractivity contribution in [2.75, 3.05) is 0 Å². The van der Waals surface area contributed by atoms with Crippen molar-refractivity contribution in [3.63, 3.8) is 0 Å². The van der Waals surface area contributed by atoms with Gasteiger partial charge in [-0.05, 0) is 54.7 Å². The highest BCUT2D eigenvalue weighted by Crippen LogP contribution is 2.52. The van der Waals surface area contributed by atoms with Gasteiger partial charge in [0.25, 0.3) is 0 Å². The molecule has 2 aromatic rings. The van der Waals surface area contributed by atoms with Gasteiger partial charge < -0.3 is 9.69 Å². The highest BCUT2D eigenvalue weighted by atomic mass is 35.5. The Bertz CT molecular complexity index is 974. The first-order valence-corrected chi connectivity index (χ1v) is 11.9. The smallest absolute Gasteiger partial charge is 0.229 e. The van der Waals surface area contributed by atoms with Gasteiger partial charge >= 0.3 is 0 Å². The summed E-state index contributed by atoms with van der Waals surface area (Å²) in [5.74, 6) is -0.216. The largest absolute Gasteiger partial charge is 0.331 e. The van der Waals surface area contributed by atoms with Crippen LogP contribution in [0.3, 0.4) is 0 Å². The molecule has 32 heavy (non-hydrogen) atoms. The number of piperidine rings is 1. The summed E-state index contributed by atoms with van der Waals surface area (Å²) in [5, 5.41) is 1.31. The number of benzene rings is 2. The van der Waals surface area contributed by atoms with Crippen LogP contribution >= 0.6 is 23.2 Å². The minimum atomic E-state index is -0.617. The summed E-state index contributed by atoms with van der Waals surface area (Å²) < 4.78 is 0. The lowest BCUT2D eigenvalue weighted by Gasteiger charge is -2.52.